The van der Waals surface area contributed by atoms with Crippen molar-refractivity contribution in [1.29, 1.82) is 0 Å². The summed E-state index contributed by atoms with van der Waals surface area (Å²) in [6.07, 6.45) is 14.2. The molecule has 6 N–H and O–H groups in total. The fourth-order valence-electron chi connectivity index (χ4n) is 6.28. The van der Waals surface area contributed by atoms with Gasteiger partial charge in [-0.05, 0) is 32.1 Å². The number of unbranched alkanes of at least 4 members (excludes halogenated alkanes) is 14. The number of carbonyl (C=O) groups excluding carboxylic acids is 5. The molecule has 0 aromatic heterocycles. The van der Waals surface area contributed by atoms with Crippen molar-refractivity contribution in [2.45, 2.75) is 167 Å². The quantitative estimate of drug-likeness (QED) is 0.0368. The maximum atomic E-state index is 12.3. The first-order chi connectivity index (χ1) is 29.3. The molecule has 360 valence electrons. The average Bonchev–Trinajstić information content (AvgIpc) is 3.19. The molecule has 0 aliphatic carbocycles. The van der Waals surface area contributed by atoms with Gasteiger partial charge in [0.2, 0.25) is 27.7 Å². The van der Waals surface area contributed by atoms with Crippen LogP contribution >= 0.6 is 0 Å². The van der Waals surface area contributed by atoms with Crippen LogP contribution in [0.5, 0.6) is 0 Å². The summed E-state index contributed by atoms with van der Waals surface area (Å²) in [4.78, 5) is 83.2. The lowest BCUT2D eigenvalue weighted by Crippen LogP contribution is -2.41. The van der Waals surface area contributed by atoms with Crippen molar-refractivity contribution in [3.8, 4) is 0 Å². The summed E-state index contributed by atoms with van der Waals surface area (Å²) >= 11 is 0. The Kier molecular flexibility index (Phi) is 33.8. The van der Waals surface area contributed by atoms with Crippen molar-refractivity contribution in [2.24, 2.45) is 5.92 Å². The molecule has 21 heteroatoms. The standard InChI is InChI=1S/C41H73N3O16S2/c1-2-34(45)22-23-36(41(52)53)43-38(48)24-21-33(40(50)51)31-35(46)32-60-28-27-59-26-25-42-37(47)20-18-29-61(54,55)44-39(49)19-16-14-12-10-8-6-4-3-5-7-9-11-13-15-17-30-62(56,57)58/h33,36H,2-32H2,1H3,(H,42,47)(H,43,48)(H,44,49)(H,50,51)(H,52,53)(H,56,57,58). The first kappa shape index (κ1) is 58.5. The average molecular weight is 928 g/mol. The molecule has 62 heavy (non-hydrogen) atoms. The largest absolute Gasteiger partial charge is 0.481 e. The van der Waals surface area contributed by atoms with Gasteiger partial charge in [-0.15, -0.1) is 0 Å². The zero-order valence-corrected chi connectivity index (χ0v) is 38.2. The molecular weight excluding hydrogens is 855 g/mol. The maximum absolute atomic E-state index is 12.3. The van der Waals surface area contributed by atoms with Crippen molar-refractivity contribution in [2.75, 3.05) is 44.5 Å². The van der Waals surface area contributed by atoms with Gasteiger partial charge in [0, 0.05) is 45.1 Å². The molecule has 0 spiro atoms. The van der Waals surface area contributed by atoms with Crippen LogP contribution in [0.1, 0.15) is 161 Å². The van der Waals surface area contributed by atoms with Gasteiger partial charge in [0.05, 0.1) is 37.2 Å². The first-order valence-corrected chi connectivity index (χ1v) is 25.3. The van der Waals surface area contributed by atoms with E-state index >= 15 is 0 Å². The molecule has 19 nitrogen and oxygen atoms in total. The molecule has 0 radical (unpaired) electrons. The summed E-state index contributed by atoms with van der Waals surface area (Å²) in [5.41, 5.74) is 0. The van der Waals surface area contributed by atoms with Crippen LogP contribution in [-0.4, -0.2) is 123 Å². The SMILES string of the molecule is CCC(=O)CCC(NC(=O)CCC(CC(=O)COCCOCCNC(=O)CCCS(=O)(=O)NC(=O)CCCCCCCCCCCCCCCCCS(=O)(=O)O)C(=O)O)C(=O)O. The number of hydrogen-bond donors (Lipinski definition) is 6. The third-order valence-corrected chi connectivity index (χ3v) is 12.0. The van der Waals surface area contributed by atoms with E-state index in [1.807, 2.05) is 0 Å². The van der Waals surface area contributed by atoms with E-state index in [-0.39, 0.29) is 95.0 Å². The lowest BCUT2D eigenvalue weighted by molar-refractivity contribution is -0.145. The van der Waals surface area contributed by atoms with E-state index in [0.717, 1.165) is 57.8 Å². The van der Waals surface area contributed by atoms with Gasteiger partial charge in [0.15, 0.2) is 5.78 Å². The predicted octanol–water partition coefficient (Wildman–Crippen LogP) is 4.26. The number of aliphatic carboxylic acids is 2. The summed E-state index contributed by atoms with van der Waals surface area (Å²) in [5.74, 6) is -6.68. The normalized spacial score (nSPS) is 12.6. The molecule has 3 amide bonds. The minimum atomic E-state index is -3.87. The van der Waals surface area contributed by atoms with Crippen molar-refractivity contribution in [3.05, 3.63) is 0 Å². The molecule has 2 unspecified atom stereocenters. The Bertz CT molecular complexity index is 1560. The summed E-state index contributed by atoms with van der Waals surface area (Å²) in [6.45, 7) is 1.55. The fraction of sp³-hybridized carbons (Fsp3) is 0.829. The van der Waals surface area contributed by atoms with Gasteiger partial charge in [-0.2, -0.15) is 8.42 Å². The monoisotopic (exact) mass is 927 g/mol. The lowest BCUT2D eigenvalue weighted by Gasteiger charge is -2.15. The Morgan fingerprint density at radius 2 is 1.08 bits per heavy atom. The molecule has 0 rings (SSSR count). The smallest absolute Gasteiger partial charge is 0.326 e. The molecule has 2 atom stereocenters. The van der Waals surface area contributed by atoms with Crippen LogP contribution < -0.4 is 15.4 Å². The highest BCUT2D eigenvalue weighted by atomic mass is 32.2. The highest BCUT2D eigenvalue weighted by Gasteiger charge is 2.25. The van der Waals surface area contributed by atoms with Crippen molar-refractivity contribution in [1.82, 2.24) is 15.4 Å². The number of nitrogens with one attached hydrogen (secondary N) is 3. The molecule has 0 aromatic rings. The topological polar surface area (TPSA) is 303 Å². The Balaban J connectivity index is 3.89. The Morgan fingerprint density at radius 3 is 1.61 bits per heavy atom. The molecule has 0 aromatic carbocycles. The number of hydrogen-bond acceptors (Lipinski definition) is 13. The lowest BCUT2D eigenvalue weighted by atomic mass is 9.97. The second-order valence-electron chi connectivity index (χ2n) is 15.5. The molecular formula is C41H73N3O16S2. The number of ketones is 2. The summed E-state index contributed by atoms with van der Waals surface area (Å²) in [7, 11) is -7.71. The van der Waals surface area contributed by atoms with E-state index in [1.54, 1.807) is 6.92 Å². The van der Waals surface area contributed by atoms with Crippen LogP contribution in [0.3, 0.4) is 0 Å². The van der Waals surface area contributed by atoms with Crippen molar-refractivity contribution < 1.29 is 74.6 Å². The van der Waals surface area contributed by atoms with Crippen LogP contribution in [0.4, 0.5) is 0 Å². The van der Waals surface area contributed by atoms with E-state index < -0.39 is 80.6 Å². The van der Waals surface area contributed by atoms with Gasteiger partial charge >= 0.3 is 11.9 Å². The van der Waals surface area contributed by atoms with Crippen LogP contribution in [-0.2, 0) is 63.2 Å². The number of ether oxygens (including phenoxy) is 2. The summed E-state index contributed by atoms with van der Waals surface area (Å²) in [6, 6.07) is -1.29. The predicted molar refractivity (Wildman–Crippen MR) is 230 cm³/mol. The first-order valence-electron chi connectivity index (χ1n) is 22.0. The van der Waals surface area contributed by atoms with Crippen LogP contribution in [0.25, 0.3) is 0 Å². The van der Waals surface area contributed by atoms with Crippen molar-refractivity contribution in [3.63, 3.8) is 0 Å². The minimum absolute atomic E-state index is 0.000124. The van der Waals surface area contributed by atoms with E-state index in [2.05, 4.69) is 15.4 Å². The number of carbonyl (C=O) groups is 7. The van der Waals surface area contributed by atoms with E-state index in [9.17, 15) is 60.6 Å². The highest BCUT2D eigenvalue weighted by Crippen LogP contribution is 2.15. The number of Topliss-reactive ketones (excluding diaryl/α,β-unsaturated/α-hetero) is 2. The van der Waals surface area contributed by atoms with Gasteiger partial charge in [-0.1, -0.05) is 90.4 Å². The van der Waals surface area contributed by atoms with E-state index in [4.69, 9.17) is 14.0 Å². The second-order valence-corrected chi connectivity index (χ2v) is 18.9. The zero-order chi connectivity index (χ0) is 46.7. The molecule has 0 aliphatic rings. The number of rotatable bonds is 43. The number of sulfonamides is 1. The van der Waals surface area contributed by atoms with Gasteiger partial charge in [0.1, 0.15) is 18.4 Å². The maximum Gasteiger partial charge on any atom is 0.326 e. The Labute approximate surface area is 367 Å². The zero-order valence-electron chi connectivity index (χ0n) is 36.5. The second kappa shape index (κ2) is 35.9. The Hall–Kier alpha value is -3.53. The summed E-state index contributed by atoms with van der Waals surface area (Å²) in [5, 5.41) is 23.6. The Morgan fingerprint density at radius 1 is 0.548 bits per heavy atom. The number of carboxylic acids is 2. The van der Waals surface area contributed by atoms with Crippen LogP contribution in [0, 0.1) is 5.92 Å². The van der Waals surface area contributed by atoms with Gasteiger partial charge in [0.25, 0.3) is 10.1 Å². The molecule has 0 aliphatic heterocycles. The summed E-state index contributed by atoms with van der Waals surface area (Å²) < 4.78 is 67.3. The van der Waals surface area contributed by atoms with Gasteiger partial charge in [-0.25, -0.2) is 13.2 Å². The third-order valence-electron chi connectivity index (χ3n) is 9.88. The van der Waals surface area contributed by atoms with E-state index in [0.29, 0.717) is 12.8 Å². The van der Waals surface area contributed by atoms with E-state index in [1.165, 1.54) is 25.7 Å². The number of carboxylic acid groups (broad SMARTS) is 2. The van der Waals surface area contributed by atoms with Crippen LogP contribution in [0.15, 0.2) is 0 Å². The molecule has 0 bridgehead atoms. The van der Waals surface area contributed by atoms with Crippen LogP contribution in [0.2, 0.25) is 0 Å². The van der Waals surface area contributed by atoms with Gasteiger partial charge < -0.3 is 30.3 Å². The molecule has 0 saturated heterocycles. The molecule has 0 fully saturated rings. The fourth-order valence-corrected chi connectivity index (χ4v) is 7.93. The highest BCUT2D eigenvalue weighted by molar-refractivity contribution is 7.90. The molecule has 0 saturated carbocycles. The van der Waals surface area contributed by atoms with Crippen molar-refractivity contribution >= 4 is 61.4 Å². The minimum Gasteiger partial charge on any atom is -0.481 e. The molecule has 0 heterocycles. The number of amides is 3. The third kappa shape index (κ3) is 37.1. The van der Waals surface area contributed by atoms with Gasteiger partial charge in [-0.3, -0.25) is 38.0 Å².